The van der Waals surface area contributed by atoms with Crippen molar-refractivity contribution in [3.05, 3.63) is 26.6 Å². The Balaban J connectivity index is 3.44. The monoisotopic (exact) mass is 395 g/mol. The molecular weight excluding hydrogens is 388 g/mol. The largest absolute Gasteiger partial charge is 0.461 e. The third kappa shape index (κ3) is 3.74. The van der Waals surface area contributed by atoms with Gasteiger partial charge in [-0.3, -0.25) is 0 Å². The Morgan fingerprint density at radius 2 is 2.05 bits per heavy atom. The highest BCUT2D eigenvalue weighted by atomic mass is 127. The van der Waals surface area contributed by atoms with Gasteiger partial charge in [0.25, 0.3) is 6.43 Å². The maximum absolute atomic E-state index is 12.7. The van der Waals surface area contributed by atoms with Gasteiger partial charge >= 0.3 is 12.1 Å². The highest BCUT2D eigenvalue weighted by Crippen LogP contribution is 2.36. The molecule has 0 spiro atoms. The van der Waals surface area contributed by atoms with E-state index in [-0.39, 0.29) is 6.61 Å². The molecular formula is C10H7F5INO2. The van der Waals surface area contributed by atoms with Crippen LogP contribution in [0.4, 0.5) is 22.0 Å². The van der Waals surface area contributed by atoms with E-state index in [1.165, 1.54) is 6.92 Å². The van der Waals surface area contributed by atoms with Crippen molar-refractivity contribution in [1.29, 1.82) is 0 Å². The molecule has 1 rings (SSSR count). The maximum atomic E-state index is 12.7. The standard InChI is InChI=1S/C10H7F5INO2/c1-2-19-9(18)5-3-4(10(13,14)15)6(16)7(17-5)8(11)12/h3,8H,2H2,1H3. The second-order valence-electron chi connectivity index (χ2n) is 3.27. The average Bonchev–Trinajstić information content (AvgIpc) is 2.27. The predicted molar refractivity (Wildman–Crippen MR) is 62.9 cm³/mol. The van der Waals surface area contributed by atoms with E-state index in [4.69, 9.17) is 0 Å². The predicted octanol–water partition coefficient (Wildman–Crippen LogP) is 3.82. The van der Waals surface area contributed by atoms with Gasteiger partial charge < -0.3 is 4.74 Å². The van der Waals surface area contributed by atoms with E-state index in [2.05, 4.69) is 9.72 Å². The summed E-state index contributed by atoms with van der Waals surface area (Å²) in [5.74, 6) is -1.17. The number of esters is 1. The van der Waals surface area contributed by atoms with E-state index < -0.39 is 39.1 Å². The molecule has 0 aliphatic heterocycles. The van der Waals surface area contributed by atoms with Gasteiger partial charge in [-0.25, -0.2) is 18.6 Å². The molecule has 0 N–H and O–H groups in total. The highest BCUT2D eigenvalue weighted by molar-refractivity contribution is 14.1. The van der Waals surface area contributed by atoms with Crippen LogP contribution in [0.1, 0.15) is 35.1 Å². The van der Waals surface area contributed by atoms with Gasteiger partial charge in [-0.2, -0.15) is 13.2 Å². The summed E-state index contributed by atoms with van der Waals surface area (Å²) in [5.41, 5.74) is -3.20. The fourth-order valence-electron chi connectivity index (χ4n) is 1.21. The molecule has 0 radical (unpaired) electrons. The Morgan fingerprint density at radius 3 is 2.47 bits per heavy atom. The number of aromatic nitrogens is 1. The smallest absolute Gasteiger partial charge is 0.417 e. The van der Waals surface area contributed by atoms with Gasteiger partial charge in [0, 0.05) is 0 Å². The fourth-order valence-corrected chi connectivity index (χ4v) is 2.03. The third-order valence-electron chi connectivity index (χ3n) is 1.98. The van der Waals surface area contributed by atoms with Crippen molar-refractivity contribution >= 4 is 28.6 Å². The molecule has 106 valence electrons. The van der Waals surface area contributed by atoms with Crippen molar-refractivity contribution in [3.8, 4) is 0 Å². The summed E-state index contributed by atoms with van der Waals surface area (Å²) in [5, 5.41) is 0. The summed E-state index contributed by atoms with van der Waals surface area (Å²) in [6, 6.07) is 0.408. The van der Waals surface area contributed by atoms with E-state index in [1.54, 1.807) is 0 Å². The van der Waals surface area contributed by atoms with Crippen LogP contribution in [0.2, 0.25) is 0 Å². The minimum atomic E-state index is -4.86. The zero-order chi connectivity index (χ0) is 14.8. The van der Waals surface area contributed by atoms with Gasteiger partial charge in [0.15, 0.2) is 0 Å². The molecule has 1 aromatic rings. The molecule has 1 aromatic heterocycles. The van der Waals surface area contributed by atoms with Gasteiger partial charge in [-0.15, -0.1) is 0 Å². The van der Waals surface area contributed by atoms with Crippen LogP contribution in [-0.2, 0) is 10.9 Å². The van der Waals surface area contributed by atoms with Crippen LogP contribution >= 0.6 is 22.6 Å². The molecule has 0 aliphatic carbocycles. The first-order valence-electron chi connectivity index (χ1n) is 4.91. The molecule has 0 atom stereocenters. The molecule has 0 bridgehead atoms. The van der Waals surface area contributed by atoms with E-state index >= 15 is 0 Å². The Hall–Kier alpha value is -1.00. The molecule has 3 nitrogen and oxygen atoms in total. The van der Waals surface area contributed by atoms with Gasteiger partial charge in [-0.1, -0.05) is 0 Å². The first-order chi connectivity index (χ1) is 8.68. The number of rotatable bonds is 3. The molecule has 19 heavy (non-hydrogen) atoms. The lowest BCUT2D eigenvalue weighted by Gasteiger charge is -2.13. The number of hydrogen-bond acceptors (Lipinski definition) is 3. The molecule has 0 amide bonds. The number of nitrogens with zero attached hydrogens (tertiary/aromatic N) is 1. The number of carbonyl (C=O) groups is 1. The van der Waals surface area contributed by atoms with Crippen molar-refractivity contribution in [3.63, 3.8) is 0 Å². The molecule has 0 unspecified atom stereocenters. The van der Waals surface area contributed by atoms with E-state index in [0.29, 0.717) is 6.07 Å². The van der Waals surface area contributed by atoms with Crippen LogP contribution in [0, 0.1) is 3.57 Å². The van der Waals surface area contributed by atoms with E-state index in [9.17, 15) is 26.7 Å². The van der Waals surface area contributed by atoms with Crippen molar-refractivity contribution in [2.45, 2.75) is 19.5 Å². The zero-order valence-electron chi connectivity index (χ0n) is 9.39. The topological polar surface area (TPSA) is 39.2 Å². The van der Waals surface area contributed by atoms with Crippen molar-refractivity contribution in [2.24, 2.45) is 0 Å². The molecule has 9 heteroatoms. The van der Waals surface area contributed by atoms with Crippen molar-refractivity contribution in [1.82, 2.24) is 4.98 Å². The Labute approximate surface area is 118 Å². The lowest BCUT2D eigenvalue weighted by Crippen LogP contribution is -2.16. The summed E-state index contributed by atoms with van der Waals surface area (Å²) >= 11 is 1.13. The quantitative estimate of drug-likeness (QED) is 0.444. The highest BCUT2D eigenvalue weighted by Gasteiger charge is 2.37. The number of halogens is 6. The summed E-state index contributed by atoms with van der Waals surface area (Å²) in [4.78, 5) is 14.5. The van der Waals surface area contributed by atoms with Crippen LogP contribution in [0.3, 0.4) is 0 Å². The van der Waals surface area contributed by atoms with Crippen LogP contribution in [0.25, 0.3) is 0 Å². The molecule has 0 aromatic carbocycles. The SMILES string of the molecule is CCOC(=O)c1cc(C(F)(F)F)c(I)c(C(F)F)n1. The molecule has 0 aliphatic rings. The van der Waals surface area contributed by atoms with Gasteiger partial charge in [0.1, 0.15) is 11.4 Å². The summed E-state index contributed by atoms with van der Waals surface area (Å²) in [6.45, 7) is 1.33. The van der Waals surface area contributed by atoms with E-state index in [1.807, 2.05) is 0 Å². The first-order valence-corrected chi connectivity index (χ1v) is 5.99. The first kappa shape index (κ1) is 16.1. The number of hydrogen-bond donors (Lipinski definition) is 0. The van der Waals surface area contributed by atoms with Gasteiger partial charge in [0.05, 0.1) is 15.7 Å². The number of pyridine rings is 1. The number of ether oxygens (including phenoxy) is 1. The summed E-state index contributed by atoms with van der Waals surface area (Å²) in [6.07, 6.45) is -8.08. The molecule has 1 heterocycles. The van der Waals surface area contributed by atoms with E-state index in [0.717, 1.165) is 22.6 Å². The molecule has 0 saturated carbocycles. The molecule has 0 fully saturated rings. The second-order valence-corrected chi connectivity index (χ2v) is 4.35. The average molecular weight is 395 g/mol. The summed E-state index contributed by atoms with van der Waals surface area (Å²) in [7, 11) is 0. The Morgan fingerprint density at radius 1 is 1.47 bits per heavy atom. The van der Waals surface area contributed by atoms with Crippen LogP contribution in [0.15, 0.2) is 6.07 Å². The fraction of sp³-hybridized carbons (Fsp3) is 0.400. The zero-order valence-corrected chi connectivity index (χ0v) is 11.6. The second kappa shape index (κ2) is 5.97. The Bertz CT molecular complexity index is 490. The minimum absolute atomic E-state index is 0.0993. The van der Waals surface area contributed by atoms with Crippen LogP contribution in [-0.4, -0.2) is 17.6 Å². The Kier molecular flexibility index (Phi) is 5.04. The minimum Gasteiger partial charge on any atom is -0.461 e. The lowest BCUT2D eigenvalue weighted by molar-refractivity contribution is -0.138. The van der Waals surface area contributed by atoms with Crippen LogP contribution < -0.4 is 0 Å². The number of alkyl halides is 5. The van der Waals surface area contributed by atoms with Gasteiger partial charge in [0.2, 0.25) is 0 Å². The maximum Gasteiger partial charge on any atom is 0.417 e. The lowest BCUT2D eigenvalue weighted by atomic mass is 10.2. The molecule has 0 saturated heterocycles. The third-order valence-corrected chi connectivity index (χ3v) is 3.11. The number of carbonyl (C=O) groups excluding carboxylic acids is 1. The van der Waals surface area contributed by atoms with Crippen molar-refractivity contribution in [2.75, 3.05) is 6.61 Å². The van der Waals surface area contributed by atoms with Crippen LogP contribution in [0.5, 0.6) is 0 Å². The normalized spacial score (nSPS) is 11.8. The summed E-state index contributed by atoms with van der Waals surface area (Å²) < 4.78 is 67.1. The van der Waals surface area contributed by atoms with Crippen molar-refractivity contribution < 1.29 is 31.5 Å². The van der Waals surface area contributed by atoms with Gasteiger partial charge in [-0.05, 0) is 35.6 Å².